The third-order valence-electron chi connectivity index (χ3n) is 2.23. The van der Waals surface area contributed by atoms with E-state index in [0.29, 0.717) is 26.2 Å². The number of rotatable bonds is 7. The summed E-state index contributed by atoms with van der Waals surface area (Å²) >= 11 is 5.04. The molecule has 0 aliphatic heterocycles. The molecule has 1 N–H and O–H groups in total. The highest BCUT2D eigenvalue weighted by Crippen LogP contribution is 2.21. The predicted octanol–water partition coefficient (Wildman–Crippen LogP) is 2.13. The van der Waals surface area contributed by atoms with E-state index in [2.05, 4.69) is 21.2 Å². The van der Waals surface area contributed by atoms with Gasteiger partial charge in [0.15, 0.2) is 0 Å². The fraction of sp³-hybridized carbons (Fsp3) is 0.545. The predicted molar refractivity (Wildman–Crippen MR) is 80.5 cm³/mol. The molecule has 0 spiro atoms. The number of methoxy groups -OCH3 is 1. The molecule has 7 heteroatoms. The van der Waals surface area contributed by atoms with Crippen molar-refractivity contribution in [1.29, 1.82) is 0 Å². The minimum absolute atomic E-state index is 0. The van der Waals surface area contributed by atoms with Crippen molar-refractivity contribution in [2.75, 3.05) is 33.9 Å². The highest BCUT2D eigenvalue weighted by Gasteiger charge is 2.09. The molecule has 1 heterocycles. The van der Waals surface area contributed by atoms with Crippen LogP contribution in [0.4, 0.5) is 0 Å². The molecule has 0 aliphatic carbocycles. The first-order chi connectivity index (χ1) is 8.13. The Hall–Kier alpha value is -0.140. The number of amides is 1. The summed E-state index contributed by atoms with van der Waals surface area (Å²) in [7, 11) is 3.45. The number of ether oxygens (including phenoxy) is 1. The van der Waals surface area contributed by atoms with Gasteiger partial charge in [-0.2, -0.15) is 0 Å². The number of likely N-dealkylation sites (N-methyl/N-ethyl adjacent to an activating group) is 1. The molecule has 1 rings (SSSR count). The summed E-state index contributed by atoms with van der Waals surface area (Å²) in [4.78, 5) is 13.4. The van der Waals surface area contributed by atoms with Gasteiger partial charge < -0.3 is 15.0 Å². The van der Waals surface area contributed by atoms with Crippen LogP contribution in [0.25, 0.3) is 0 Å². The minimum atomic E-state index is 0. The molecule has 18 heavy (non-hydrogen) atoms. The maximum absolute atomic E-state index is 11.7. The van der Waals surface area contributed by atoms with E-state index in [1.54, 1.807) is 23.3 Å². The van der Waals surface area contributed by atoms with Crippen LogP contribution in [0.15, 0.2) is 15.2 Å². The van der Waals surface area contributed by atoms with Crippen molar-refractivity contribution in [3.05, 3.63) is 20.8 Å². The minimum Gasteiger partial charge on any atom is -0.383 e. The highest BCUT2D eigenvalue weighted by atomic mass is 79.9. The van der Waals surface area contributed by atoms with E-state index < -0.39 is 0 Å². The normalized spacial score (nSPS) is 9.94. The van der Waals surface area contributed by atoms with Gasteiger partial charge in [-0.1, -0.05) is 0 Å². The Bertz CT molecular complexity index is 363. The van der Waals surface area contributed by atoms with Gasteiger partial charge in [0, 0.05) is 27.2 Å². The van der Waals surface area contributed by atoms with Crippen molar-refractivity contribution < 1.29 is 9.53 Å². The van der Waals surface area contributed by atoms with Crippen molar-refractivity contribution in [3.8, 4) is 0 Å². The number of hydrogen-bond donors (Lipinski definition) is 1. The van der Waals surface area contributed by atoms with Gasteiger partial charge in [0.1, 0.15) is 0 Å². The average molecular weight is 358 g/mol. The van der Waals surface area contributed by atoms with Gasteiger partial charge in [-0.15, -0.1) is 23.7 Å². The summed E-state index contributed by atoms with van der Waals surface area (Å²) < 4.78 is 5.98. The van der Waals surface area contributed by atoms with Gasteiger partial charge in [-0.05, 0) is 32.9 Å². The first-order valence-electron chi connectivity index (χ1n) is 5.30. The fourth-order valence-electron chi connectivity index (χ4n) is 1.30. The van der Waals surface area contributed by atoms with Crippen LogP contribution in [0.2, 0.25) is 0 Å². The van der Waals surface area contributed by atoms with Gasteiger partial charge in [0.25, 0.3) is 0 Å². The Balaban J connectivity index is 0.00000289. The number of nitrogens with zero attached hydrogens (tertiary/aromatic N) is 1. The third kappa shape index (κ3) is 6.70. The molecule has 1 aromatic heterocycles. The van der Waals surface area contributed by atoms with Crippen LogP contribution in [0.1, 0.15) is 5.56 Å². The number of thiophene rings is 1. The van der Waals surface area contributed by atoms with Gasteiger partial charge >= 0.3 is 0 Å². The summed E-state index contributed by atoms with van der Waals surface area (Å²) in [5.41, 5.74) is 1.15. The Morgan fingerprint density at radius 2 is 2.33 bits per heavy atom. The maximum atomic E-state index is 11.7. The van der Waals surface area contributed by atoms with Crippen LogP contribution < -0.4 is 5.32 Å². The second kappa shape index (κ2) is 9.75. The van der Waals surface area contributed by atoms with Gasteiger partial charge in [0.05, 0.1) is 16.9 Å². The molecular formula is C11H18BrClN2O2S. The molecule has 0 saturated carbocycles. The molecule has 0 atom stereocenters. The standard InChI is InChI=1S/C11H17BrN2O2S.ClH/c1-14(7-9-5-10(12)17-8-9)11(15)6-13-3-4-16-2;/h5,8,13H,3-4,6-7H2,1-2H3;1H. The topological polar surface area (TPSA) is 41.6 Å². The summed E-state index contributed by atoms with van der Waals surface area (Å²) in [5.74, 6) is 0.0865. The molecule has 0 bridgehead atoms. The summed E-state index contributed by atoms with van der Waals surface area (Å²) in [5, 5.41) is 5.08. The van der Waals surface area contributed by atoms with E-state index in [1.165, 1.54) is 0 Å². The molecule has 1 amide bonds. The molecule has 104 valence electrons. The smallest absolute Gasteiger partial charge is 0.236 e. The molecule has 1 aromatic rings. The van der Waals surface area contributed by atoms with Gasteiger partial charge in [-0.3, -0.25) is 4.79 Å². The van der Waals surface area contributed by atoms with Crippen molar-refractivity contribution >= 4 is 45.6 Å². The summed E-state index contributed by atoms with van der Waals surface area (Å²) in [6, 6.07) is 2.03. The lowest BCUT2D eigenvalue weighted by atomic mass is 10.3. The fourth-order valence-corrected chi connectivity index (χ4v) is 2.50. The Morgan fingerprint density at radius 1 is 1.61 bits per heavy atom. The largest absolute Gasteiger partial charge is 0.383 e. The molecule has 0 fully saturated rings. The number of nitrogens with one attached hydrogen (secondary N) is 1. The van der Waals surface area contributed by atoms with Crippen LogP contribution in [0.3, 0.4) is 0 Å². The van der Waals surface area contributed by atoms with Crippen molar-refractivity contribution in [1.82, 2.24) is 10.2 Å². The maximum Gasteiger partial charge on any atom is 0.236 e. The van der Waals surface area contributed by atoms with Crippen LogP contribution in [0.5, 0.6) is 0 Å². The van der Waals surface area contributed by atoms with E-state index in [1.807, 2.05) is 18.5 Å². The second-order valence-electron chi connectivity index (χ2n) is 3.68. The summed E-state index contributed by atoms with van der Waals surface area (Å²) in [6.07, 6.45) is 0. The SMILES string of the molecule is COCCNCC(=O)N(C)Cc1csc(Br)c1.Cl. The Kier molecular flexibility index (Phi) is 9.67. The molecule has 4 nitrogen and oxygen atoms in total. The van der Waals surface area contributed by atoms with Gasteiger partial charge in [0.2, 0.25) is 5.91 Å². The van der Waals surface area contributed by atoms with E-state index >= 15 is 0 Å². The molecule has 0 radical (unpaired) electrons. The first-order valence-corrected chi connectivity index (χ1v) is 6.97. The number of carbonyl (C=O) groups excluding carboxylic acids is 1. The van der Waals surface area contributed by atoms with Crippen LogP contribution in [-0.4, -0.2) is 44.7 Å². The van der Waals surface area contributed by atoms with E-state index in [4.69, 9.17) is 4.74 Å². The zero-order valence-corrected chi connectivity index (χ0v) is 13.7. The van der Waals surface area contributed by atoms with Gasteiger partial charge in [-0.25, -0.2) is 0 Å². The van der Waals surface area contributed by atoms with Crippen LogP contribution >= 0.6 is 39.7 Å². The molecule has 0 aliphatic rings. The number of hydrogen-bond acceptors (Lipinski definition) is 4. The molecule has 0 unspecified atom stereocenters. The molecule has 0 aromatic carbocycles. The van der Waals surface area contributed by atoms with Crippen molar-refractivity contribution in [3.63, 3.8) is 0 Å². The zero-order chi connectivity index (χ0) is 12.7. The summed E-state index contributed by atoms with van der Waals surface area (Å²) in [6.45, 7) is 2.31. The second-order valence-corrected chi connectivity index (χ2v) is 5.97. The molecule has 0 saturated heterocycles. The lowest BCUT2D eigenvalue weighted by Crippen LogP contribution is -2.36. The van der Waals surface area contributed by atoms with Crippen LogP contribution in [-0.2, 0) is 16.1 Å². The lowest BCUT2D eigenvalue weighted by molar-refractivity contribution is -0.129. The van der Waals surface area contributed by atoms with E-state index in [-0.39, 0.29) is 18.3 Å². The third-order valence-corrected chi connectivity index (χ3v) is 3.78. The Morgan fingerprint density at radius 3 is 2.89 bits per heavy atom. The molecular weight excluding hydrogens is 340 g/mol. The van der Waals surface area contributed by atoms with Crippen molar-refractivity contribution in [2.24, 2.45) is 0 Å². The number of halogens is 2. The van der Waals surface area contributed by atoms with Crippen LogP contribution in [0, 0.1) is 0 Å². The average Bonchev–Trinajstić information content (AvgIpc) is 2.70. The quantitative estimate of drug-likeness (QED) is 0.760. The van der Waals surface area contributed by atoms with Crippen molar-refractivity contribution in [2.45, 2.75) is 6.54 Å². The lowest BCUT2D eigenvalue weighted by Gasteiger charge is -2.16. The number of carbonyl (C=O) groups is 1. The zero-order valence-electron chi connectivity index (χ0n) is 10.4. The van der Waals surface area contributed by atoms with E-state index in [0.717, 1.165) is 9.35 Å². The Labute approximate surface area is 126 Å². The monoisotopic (exact) mass is 356 g/mol. The van der Waals surface area contributed by atoms with E-state index in [9.17, 15) is 4.79 Å². The highest BCUT2D eigenvalue weighted by molar-refractivity contribution is 9.11. The first kappa shape index (κ1) is 17.9.